The van der Waals surface area contributed by atoms with Crippen LogP contribution in [0.25, 0.3) is 0 Å². The quantitative estimate of drug-likeness (QED) is 0.738. The highest BCUT2D eigenvalue weighted by atomic mass is 79.9. The lowest BCUT2D eigenvalue weighted by Gasteiger charge is -2.18. The van der Waals surface area contributed by atoms with Crippen LogP contribution in [0.15, 0.2) is 28.7 Å². The molecule has 0 bridgehead atoms. The first-order valence-corrected chi connectivity index (χ1v) is 6.70. The number of carboxylic acid groups (broad SMARTS) is 1. The zero-order valence-electron chi connectivity index (χ0n) is 11.0. The fraction of sp³-hybridized carbons (Fsp3) is 0.214. The molecule has 21 heavy (non-hydrogen) atoms. The van der Waals surface area contributed by atoms with E-state index in [1.165, 1.54) is 0 Å². The monoisotopic (exact) mass is 352 g/mol. The number of amides is 2. The molecule has 2 amide bonds. The topological polar surface area (TPSA) is 86.7 Å². The van der Waals surface area contributed by atoms with Gasteiger partial charge in [-0.1, -0.05) is 18.1 Å². The van der Waals surface area contributed by atoms with Crippen molar-refractivity contribution in [1.82, 2.24) is 10.2 Å². The van der Waals surface area contributed by atoms with Gasteiger partial charge in [0.15, 0.2) is 0 Å². The highest BCUT2D eigenvalue weighted by Crippen LogP contribution is 2.15. The Kier molecular flexibility index (Phi) is 6.43. The normalized spacial score (nSPS) is 9.52. The summed E-state index contributed by atoms with van der Waals surface area (Å²) in [4.78, 5) is 35.3. The van der Waals surface area contributed by atoms with Gasteiger partial charge in [-0.05, 0) is 28.1 Å². The molecule has 0 heterocycles. The Morgan fingerprint density at radius 1 is 1.33 bits per heavy atom. The molecule has 0 aliphatic heterocycles. The van der Waals surface area contributed by atoms with Crippen LogP contribution in [0.3, 0.4) is 0 Å². The van der Waals surface area contributed by atoms with Crippen molar-refractivity contribution in [3.05, 3.63) is 34.3 Å². The smallest absolute Gasteiger partial charge is 0.323 e. The SMILES string of the molecule is C#CCN(CC(=O)O)C(=O)CNC(=O)c1ccccc1Br. The average molecular weight is 353 g/mol. The van der Waals surface area contributed by atoms with Crippen molar-refractivity contribution < 1.29 is 19.5 Å². The first kappa shape index (κ1) is 16.7. The minimum atomic E-state index is -1.17. The van der Waals surface area contributed by atoms with Gasteiger partial charge in [-0.2, -0.15) is 0 Å². The number of terminal acetylenes is 1. The minimum Gasteiger partial charge on any atom is -0.480 e. The van der Waals surface area contributed by atoms with Crippen LogP contribution in [-0.2, 0) is 9.59 Å². The van der Waals surface area contributed by atoms with Gasteiger partial charge in [-0.15, -0.1) is 6.42 Å². The van der Waals surface area contributed by atoms with Crippen molar-refractivity contribution in [2.24, 2.45) is 0 Å². The number of nitrogens with zero attached hydrogens (tertiary/aromatic N) is 1. The van der Waals surface area contributed by atoms with Gasteiger partial charge in [-0.3, -0.25) is 14.4 Å². The fourth-order valence-corrected chi connectivity index (χ4v) is 1.98. The molecule has 110 valence electrons. The molecule has 1 rings (SSSR count). The van der Waals surface area contributed by atoms with Gasteiger partial charge in [-0.25, -0.2) is 0 Å². The van der Waals surface area contributed by atoms with E-state index in [4.69, 9.17) is 11.5 Å². The summed E-state index contributed by atoms with van der Waals surface area (Å²) in [5, 5.41) is 11.1. The highest BCUT2D eigenvalue weighted by Gasteiger charge is 2.17. The Balaban J connectivity index is 2.63. The summed E-state index contributed by atoms with van der Waals surface area (Å²) < 4.78 is 0.598. The molecular formula is C14H13BrN2O4. The lowest BCUT2D eigenvalue weighted by molar-refractivity contribution is -0.143. The van der Waals surface area contributed by atoms with Crippen LogP contribution >= 0.6 is 15.9 Å². The van der Waals surface area contributed by atoms with Crippen molar-refractivity contribution in [1.29, 1.82) is 0 Å². The summed E-state index contributed by atoms with van der Waals surface area (Å²) in [6.45, 7) is -0.959. The average Bonchev–Trinajstić information content (AvgIpc) is 2.44. The van der Waals surface area contributed by atoms with Crippen LogP contribution in [-0.4, -0.2) is 47.4 Å². The summed E-state index contributed by atoms with van der Waals surface area (Å²) in [7, 11) is 0. The number of carbonyl (C=O) groups excluding carboxylic acids is 2. The molecule has 0 saturated carbocycles. The molecule has 0 unspecified atom stereocenters. The van der Waals surface area contributed by atoms with Gasteiger partial charge < -0.3 is 15.3 Å². The first-order chi connectivity index (χ1) is 9.95. The maximum atomic E-state index is 11.9. The number of aliphatic carboxylic acids is 1. The number of rotatable bonds is 6. The van der Waals surface area contributed by atoms with Gasteiger partial charge in [0, 0.05) is 4.47 Å². The van der Waals surface area contributed by atoms with E-state index in [1.54, 1.807) is 24.3 Å². The summed E-state index contributed by atoms with van der Waals surface area (Å²) in [5.41, 5.74) is 0.382. The Morgan fingerprint density at radius 2 is 2.00 bits per heavy atom. The lowest BCUT2D eigenvalue weighted by atomic mass is 10.2. The Morgan fingerprint density at radius 3 is 2.57 bits per heavy atom. The van der Waals surface area contributed by atoms with E-state index in [2.05, 4.69) is 27.2 Å². The van der Waals surface area contributed by atoms with Gasteiger partial charge in [0.2, 0.25) is 5.91 Å². The summed E-state index contributed by atoms with van der Waals surface area (Å²) in [6.07, 6.45) is 5.08. The number of benzene rings is 1. The number of carbonyl (C=O) groups is 3. The molecule has 0 atom stereocenters. The summed E-state index contributed by atoms with van der Waals surface area (Å²) >= 11 is 3.23. The zero-order chi connectivity index (χ0) is 15.8. The molecule has 0 aromatic heterocycles. The van der Waals surface area contributed by atoms with E-state index in [1.807, 2.05) is 0 Å². The van der Waals surface area contributed by atoms with Crippen molar-refractivity contribution in [3.8, 4) is 12.3 Å². The Bertz CT molecular complexity index is 595. The number of carboxylic acids is 1. The van der Waals surface area contributed by atoms with Gasteiger partial charge in [0.1, 0.15) is 6.54 Å². The van der Waals surface area contributed by atoms with E-state index in [-0.39, 0.29) is 13.1 Å². The molecular weight excluding hydrogens is 340 g/mol. The second-order valence-corrected chi connectivity index (χ2v) is 4.86. The van der Waals surface area contributed by atoms with E-state index in [9.17, 15) is 14.4 Å². The first-order valence-electron chi connectivity index (χ1n) is 5.91. The van der Waals surface area contributed by atoms with E-state index < -0.39 is 24.3 Å². The standard InChI is InChI=1S/C14H13BrN2O4/c1-2-7-17(9-13(19)20)12(18)8-16-14(21)10-5-3-4-6-11(10)15/h1,3-6H,7-9H2,(H,16,21)(H,19,20). The molecule has 7 heteroatoms. The Labute approximate surface area is 130 Å². The molecule has 6 nitrogen and oxygen atoms in total. The minimum absolute atomic E-state index is 0.129. The molecule has 0 saturated heterocycles. The van der Waals surface area contributed by atoms with Gasteiger partial charge in [0.05, 0.1) is 18.7 Å². The maximum absolute atomic E-state index is 11.9. The zero-order valence-corrected chi connectivity index (χ0v) is 12.6. The summed E-state index contributed by atoms with van der Waals surface area (Å²) in [5.74, 6) is 0.0358. The number of nitrogens with one attached hydrogen (secondary N) is 1. The molecule has 0 aliphatic rings. The van der Waals surface area contributed by atoms with Crippen molar-refractivity contribution in [2.45, 2.75) is 0 Å². The maximum Gasteiger partial charge on any atom is 0.323 e. The number of halogens is 1. The van der Waals surface area contributed by atoms with Crippen LogP contribution in [0.1, 0.15) is 10.4 Å². The van der Waals surface area contributed by atoms with Gasteiger partial charge in [0.25, 0.3) is 5.91 Å². The van der Waals surface area contributed by atoms with Crippen molar-refractivity contribution in [2.75, 3.05) is 19.6 Å². The summed E-state index contributed by atoms with van der Waals surface area (Å²) in [6, 6.07) is 6.75. The van der Waals surface area contributed by atoms with Crippen LogP contribution in [0.4, 0.5) is 0 Å². The molecule has 0 fully saturated rings. The molecule has 1 aromatic rings. The van der Waals surface area contributed by atoms with Crippen LogP contribution in [0, 0.1) is 12.3 Å². The van der Waals surface area contributed by atoms with Crippen LogP contribution in [0.2, 0.25) is 0 Å². The van der Waals surface area contributed by atoms with E-state index >= 15 is 0 Å². The largest absolute Gasteiger partial charge is 0.480 e. The van der Waals surface area contributed by atoms with Crippen molar-refractivity contribution in [3.63, 3.8) is 0 Å². The Hall–Kier alpha value is -2.33. The second kappa shape index (κ2) is 8.07. The highest BCUT2D eigenvalue weighted by molar-refractivity contribution is 9.10. The molecule has 0 spiro atoms. The van der Waals surface area contributed by atoms with Crippen LogP contribution in [0.5, 0.6) is 0 Å². The predicted molar refractivity (Wildman–Crippen MR) is 79.5 cm³/mol. The third-order valence-corrected chi connectivity index (χ3v) is 3.17. The van der Waals surface area contributed by atoms with Crippen LogP contribution < -0.4 is 5.32 Å². The second-order valence-electron chi connectivity index (χ2n) is 4.01. The van der Waals surface area contributed by atoms with Crippen molar-refractivity contribution >= 4 is 33.7 Å². The number of hydrogen-bond donors (Lipinski definition) is 2. The number of hydrogen-bond acceptors (Lipinski definition) is 3. The molecule has 0 aliphatic carbocycles. The van der Waals surface area contributed by atoms with Gasteiger partial charge >= 0.3 is 5.97 Å². The lowest BCUT2D eigenvalue weighted by Crippen LogP contribution is -2.42. The predicted octanol–water partition coefficient (Wildman–Crippen LogP) is 0.725. The molecule has 0 radical (unpaired) electrons. The molecule has 2 N–H and O–H groups in total. The third kappa shape index (κ3) is 5.28. The van der Waals surface area contributed by atoms with E-state index in [0.29, 0.717) is 10.0 Å². The fourth-order valence-electron chi connectivity index (χ4n) is 1.51. The van der Waals surface area contributed by atoms with E-state index in [0.717, 1.165) is 4.90 Å². The third-order valence-electron chi connectivity index (χ3n) is 2.48. The molecule has 1 aromatic carbocycles.